The molecule has 92 valence electrons. The Hall–Kier alpha value is -1.42. The first-order chi connectivity index (χ1) is 8.09. The van der Waals surface area contributed by atoms with E-state index < -0.39 is 0 Å². The van der Waals surface area contributed by atoms with Crippen molar-refractivity contribution in [3.63, 3.8) is 0 Å². The zero-order valence-electron chi connectivity index (χ0n) is 10.3. The Bertz CT molecular complexity index is 394. The summed E-state index contributed by atoms with van der Waals surface area (Å²) in [6.45, 7) is 3.42. The van der Waals surface area contributed by atoms with Crippen LogP contribution in [0, 0.1) is 10.1 Å². The number of nitro groups is 1. The van der Waals surface area contributed by atoms with E-state index in [1.54, 1.807) is 12.1 Å². The lowest BCUT2D eigenvalue weighted by Gasteiger charge is -2.37. The van der Waals surface area contributed by atoms with Crippen LogP contribution in [0.5, 0.6) is 0 Å². The lowest BCUT2D eigenvalue weighted by molar-refractivity contribution is -0.926. The molecule has 4 heteroatoms. The molecule has 1 saturated heterocycles. The van der Waals surface area contributed by atoms with Crippen LogP contribution >= 0.6 is 0 Å². The molecule has 4 nitrogen and oxygen atoms in total. The van der Waals surface area contributed by atoms with Crippen LogP contribution in [-0.2, 0) is 6.54 Å². The molecule has 0 bridgehead atoms. The zero-order chi connectivity index (χ0) is 12.3. The predicted octanol–water partition coefficient (Wildman–Crippen LogP) is 2.73. The van der Waals surface area contributed by atoms with Crippen molar-refractivity contribution >= 4 is 5.69 Å². The molecule has 1 heterocycles. The highest BCUT2D eigenvalue weighted by molar-refractivity contribution is 5.32. The van der Waals surface area contributed by atoms with E-state index in [1.165, 1.54) is 37.9 Å². The molecular weight excluding hydrogens is 216 g/mol. The molecule has 0 amide bonds. The molecule has 0 saturated carbocycles. The second-order valence-electron chi connectivity index (χ2n) is 5.21. The van der Waals surface area contributed by atoms with Crippen LogP contribution in [0.15, 0.2) is 24.3 Å². The molecule has 0 aliphatic carbocycles. The van der Waals surface area contributed by atoms with Crippen molar-refractivity contribution in [1.82, 2.24) is 0 Å². The molecule has 0 spiro atoms. The maximum absolute atomic E-state index is 10.6. The molecule has 2 rings (SSSR count). The van der Waals surface area contributed by atoms with E-state index in [9.17, 15) is 10.1 Å². The van der Waals surface area contributed by atoms with Crippen molar-refractivity contribution in [3.05, 3.63) is 39.9 Å². The van der Waals surface area contributed by atoms with Gasteiger partial charge < -0.3 is 4.48 Å². The monoisotopic (exact) mass is 235 g/mol. The van der Waals surface area contributed by atoms with Gasteiger partial charge in [-0.3, -0.25) is 10.1 Å². The fourth-order valence-corrected chi connectivity index (χ4v) is 2.60. The minimum Gasteiger partial charge on any atom is -0.322 e. The van der Waals surface area contributed by atoms with Crippen LogP contribution in [0.3, 0.4) is 0 Å². The van der Waals surface area contributed by atoms with E-state index in [0.29, 0.717) is 0 Å². The summed E-state index contributed by atoms with van der Waals surface area (Å²) in [6, 6.07) is 6.98. The van der Waals surface area contributed by atoms with Crippen molar-refractivity contribution in [3.8, 4) is 0 Å². The molecule has 1 aromatic rings. The minimum absolute atomic E-state index is 0.176. The van der Waals surface area contributed by atoms with Crippen molar-refractivity contribution in [2.45, 2.75) is 25.8 Å². The highest BCUT2D eigenvalue weighted by Crippen LogP contribution is 2.21. The summed E-state index contributed by atoms with van der Waals surface area (Å²) in [6.07, 6.45) is 3.93. The van der Waals surface area contributed by atoms with Gasteiger partial charge in [-0.2, -0.15) is 0 Å². The Labute approximate surface area is 102 Å². The highest BCUT2D eigenvalue weighted by Gasteiger charge is 2.24. The average Bonchev–Trinajstić information content (AvgIpc) is 2.30. The Kier molecular flexibility index (Phi) is 3.43. The Morgan fingerprint density at radius 1 is 1.18 bits per heavy atom. The van der Waals surface area contributed by atoms with Gasteiger partial charge in [-0.1, -0.05) is 0 Å². The number of hydrogen-bond acceptors (Lipinski definition) is 2. The average molecular weight is 235 g/mol. The predicted molar refractivity (Wildman–Crippen MR) is 66.6 cm³/mol. The maximum Gasteiger partial charge on any atom is 0.269 e. The fraction of sp³-hybridized carbons (Fsp3) is 0.538. The van der Waals surface area contributed by atoms with Crippen LogP contribution in [0.4, 0.5) is 5.69 Å². The third kappa shape index (κ3) is 3.03. The van der Waals surface area contributed by atoms with Crippen LogP contribution in [0.25, 0.3) is 0 Å². The summed E-state index contributed by atoms with van der Waals surface area (Å²) in [5.74, 6) is 0. The molecular formula is C13H19N2O2+. The number of hydrogen-bond donors (Lipinski definition) is 0. The number of quaternary nitrogens is 1. The number of piperidine rings is 1. The molecule has 0 aromatic heterocycles. The van der Waals surface area contributed by atoms with Crippen molar-refractivity contribution < 1.29 is 9.41 Å². The van der Waals surface area contributed by atoms with Gasteiger partial charge in [-0.15, -0.1) is 0 Å². The van der Waals surface area contributed by atoms with Gasteiger partial charge in [-0.05, 0) is 31.4 Å². The van der Waals surface area contributed by atoms with Gasteiger partial charge in [0.2, 0.25) is 0 Å². The number of likely N-dealkylation sites (tertiary alicyclic amines) is 1. The van der Waals surface area contributed by atoms with Gasteiger partial charge in [-0.25, -0.2) is 0 Å². The molecule has 1 fully saturated rings. The van der Waals surface area contributed by atoms with E-state index in [4.69, 9.17) is 0 Å². The fourth-order valence-electron chi connectivity index (χ4n) is 2.60. The number of rotatable bonds is 3. The van der Waals surface area contributed by atoms with E-state index in [1.807, 2.05) is 12.1 Å². The number of non-ortho nitro benzene ring substituents is 1. The van der Waals surface area contributed by atoms with Crippen LogP contribution in [0.1, 0.15) is 24.8 Å². The van der Waals surface area contributed by atoms with Crippen molar-refractivity contribution in [1.29, 1.82) is 0 Å². The lowest BCUT2D eigenvalue weighted by atomic mass is 10.1. The Morgan fingerprint density at radius 3 is 2.29 bits per heavy atom. The number of nitrogens with zero attached hydrogens (tertiary/aromatic N) is 2. The van der Waals surface area contributed by atoms with Gasteiger partial charge in [0, 0.05) is 17.7 Å². The molecule has 1 aromatic carbocycles. The van der Waals surface area contributed by atoms with Crippen molar-refractivity contribution in [2.75, 3.05) is 20.1 Å². The summed E-state index contributed by atoms with van der Waals surface area (Å²) in [4.78, 5) is 10.2. The molecule has 0 unspecified atom stereocenters. The topological polar surface area (TPSA) is 43.1 Å². The second kappa shape index (κ2) is 4.84. The second-order valence-corrected chi connectivity index (χ2v) is 5.21. The Morgan fingerprint density at radius 2 is 1.76 bits per heavy atom. The van der Waals surface area contributed by atoms with Gasteiger partial charge >= 0.3 is 0 Å². The molecule has 0 N–H and O–H groups in total. The van der Waals surface area contributed by atoms with Crippen LogP contribution in [0.2, 0.25) is 0 Å². The van der Waals surface area contributed by atoms with Gasteiger partial charge in [0.1, 0.15) is 6.54 Å². The summed E-state index contributed by atoms with van der Waals surface area (Å²) in [5, 5.41) is 10.6. The zero-order valence-corrected chi connectivity index (χ0v) is 10.3. The summed E-state index contributed by atoms with van der Waals surface area (Å²) in [7, 11) is 2.28. The lowest BCUT2D eigenvalue weighted by Crippen LogP contribution is -2.46. The van der Waals surface area contributed by atoms with E-state index in [0.717, 1.165) is 11.0 Å². The number of benzene rings is 1. The summed E-state index contributed by atoms with van der Waals surface area (Å²) < 4.78 is 1.07. The summed E-state index contributed by atoms with van der Waals surface area (Å²) >= 11 is 0. The van der Waals surface area contributed by atoms with Crippen molar-refractivity contribution in [2.24, 2.45) is 0 Å². The third-order valence-corrected chi connectivity index (χ3v) is 3.61. The van der Waals surface area contributed by atoms with E-state index in [2.05, 4.69) is 7.05 Å². The van der Waals surface area contributed by atoms with E-state index in [-0.39, 0.29) is 10.6 Å². The van der Waals surface area contributed by atoms with Gasteiger partial charge in [0.25, 0.3) is 5.69 Å². The molecule has 1 aliphatic heterocycles. The SMILES string of the molecule is C[N+]1(Cc2ccc([N+](=O)[O-])cc2)CCCCC1. The molecule has 17 heavy (non-hydrogen) atoms. The Balaban J connectivity index is 2.05. The maximum atomic E-state index is 10.6. The first kappa shape index (κ1) is 12.0. The molecule has 0 atom stereocenters. The quantitative estimate of drug-likeness (QED) is 0.459. The van der Waals surface area contributed by atoms with Gasteiger partial charge in [0.05, 0.1) is 25.1 Å². The van der Waals surface area contributed by atoms with Crippen LogP contribution in [-0.4, -0.2) is 29.5 Å². The standard InChI is InChI=1S/C13H19N2O2/c1-15(9-3-2-4-10-15)11-12-5-7-13(8-6-12)14(16)17/h5-8H,2-4,9-11H2,1H3/q+1. The first-order valence-corrected chi connectivity index (χ1v) is 6.16. The minimum atomic E-state index is -0.346. The smallest absolute Gasteiger partial charge is 0.269 e. The summed E-state index contributed by atoms with van der Waals surface area (Å²) in [5.41, 5.74) is 1.37. The third-order valence-electron chi connectivity index (χ3n) is 3.61. The first-order valence-electron chi connectivity index (χ1n) is 6.16. The largest absolute Gasteiger partial charge is 0.322 e. The highest BCUT2D eigenvalue weighted by atomic mass is 16.6. The van der Waals surface area contributed by atoms with E-state index >= 15 is 0 Å². The van der Waals surface area contributed by atoms with Gasteiger partial charge in [0.15, 0.2) is 0 Å². The molecule has 0 radical (unpaired) electrons. The molecule has 1 aliphatic rings. The number of nitro benzene ring substituents is 1. The van der Waals surface area contributed by atoms with Crippen LogP contribution < -0.4 is 0 Å². The normalized spacial score (nSPS) is 18.9.